The lowest BCUT2D eigenvalue weighted by Crippen LogP contribution is -2.11. The average Bonchev–Trinajstić information content (AvgIpc) is 2.54. The average molecular weight is 299 g/mol. The normalized spacial score (nSPS) is 11.1. The van der Waals surface area contributed by atoms with E-state index in [0.29, 0.717) is 18.1 Å². The summed E-state index contributed by atoms with van der Waals surface area (Å²) in [5.74, 6) is 0.383. The number of hydrogen-bond acceptors (Lipinski definition) is 2. The van der Waals surface area contributed by atoms with Gasteiger partial charge in [0.2, 0.25) is 0 Å². The lowest BCUT2D eigenvalue weighted by molar-refractivity contribution is 0.0788. The van der Waals surface area contributed by atoms with E-state index in [2.05, 4.69) is 6.07 Å². The molecule has 0 aromatic heterocycles. The van der Waals surface area contributed by atoms with E-state index in [1.165, 1.54) is 0 Å². The van der Waals surface area contributed by atoms with Crippen LogP contribution in [0.1, 0.15) is 10.4 Å². The van der Waals surface area contributed by atoms with Crippen molar-refractivity contribution in [3.05, 3.63) is 60.2 Å². The number of hydrogen-bond donors (Lipinski definition) is 0. The Bertz CT molecular complexity index is 795. The first kappa shape index (κ1) is 14.1. The van der Waals surface area contributed by atoms with Gasteiger partial charge in [0.15, 0.2) is 5.78 Å². The molecule has 0 aliphatic carbocycles. The van der Waals surface area contributed by atoms with Crippen molar-refractivity contribution in [1.29, 1.82) is 0 Å². The van der Waals surface area contributed by atoms with Gasteiger partial charge in [-0.15, -0.1) is 11.6 Å². The molecule has 0 unspecified atom stereocenters. The molecule has 3 rings (SSSR count). The Labute approximate surface area is 128 Å². The van der Waals surface area contributed by atoms with E-state index in [9.17, 15) is 4.79 Å². The minimum atomic E-state index is -0.0120. The first-order chi connectivity index (χ1) is 10.3. The van der Waals surface area contributed by atoms with Crippen LogP contribution in [-0.2, 0) is 4.74 Å². The molecule has 0 aliphatic rings. The highest BCUT2D eigenvalue weighted by Crippen LogP contribution is 2.28. The van der Waals surface area contributed by atoms with Gasteiger partial charge in [-0.05, 0) is 27.6 Å². The summed E-state index contributed by atoms with van der Waals surface area (Å²) in [6, 6.07) is 18.0. The van der Waals surface area contributed by atoms with Gasteiger partial charge in [-0.1, -0.05) is 48.5 Å². The number of Topliss-reactive ketones (excluding diaryl/α,β-unsaturated/α-hetero) is 1. The third kappa shape index (κ3) is 2.78. The Morgan fingerprint density at radius 2 is 1.62 bits per heavy atom. The van der Waals surface area contributed by atoms with Gasteiger partial charge in [-0.2, -0.15) is 0 Å². The van der Waals surface area contributed by atoms with Gasteiger partial charge in [-0.3, -0.25) is 4.79 Å². The Hall–Kier alpha value is -1.90. The molecule has 0 amide bonds. The van der Waals surface area contributed by atoms with Crippen LogP contribution in [0.2, 0.25) is 0 Å². The highest BCUT2D eigenvalue weighted by molar-refractivity contribution is 6.18. The molecule has 0 bridgehead atoms. The molecule has 3 aromatic rings. The second kappa shape index (κ2) is 6.25. The molecule has 0 heterocycles. The second-order valence-corrected chi connectivity index (χ2v) is 5.23. The fourth-order valence-corrected chi connectivity index (χ4v) is 2.69. The Morgan fingerprint density at radius 3 is 2.38 bits per heavy atom. The molecule has 21 heavy (non-hydrogen) atoms. The molecular formula is C18H15ClO2. The number of ketones is 1. The van der Waals surface area contributed by atoms with Gasteiger partial charge in [-0.25, -0.2) is 0 Å². The monoisotopic (exact) mass is 298 g/mol. The van der Waals surface area contributed by atoms with Crippen molar-refractivity contribution in [1.82, 2.24) is 0 Å². The van der Waals surface area contributed by atoms with E-state index in [1.54, 1.807) is 0 Å². The maximum Gasteiger partial charge on any atom is 0.189 e. The third-order valence-corrected chi connectivity index (χ3v) is 3.68. The summed E-state index contributed by atoms with van der Waals surface area (Å²) < 4.78 is 5.28. The van der Waals surface area contributed by atoms with Crippen LogP contribution in [0, 0.1) is 0 Å². The number of halogens is 1. The van der Waals surface area contributed by atoms with Crippen LogP contribution in [0.3, 0.4) is 0 Å². The van der Waals surface area contributed by atoms with Gasteiger partial charge in [0.05, 0.1) is 6.61 Å². The van der Waals surface area contributed by atoms with Gasteiger partial charge < -0.3 is 4.74 Å². The van der Waals surface area contributed by atoms with Crippen LogP contribution in [0.15, 0.2) is 54.6 Å². The Kier molecular flexibility index (Phi) is 4.18. The number of ether oxygens (including phenoxy) is 1. The van der Waals surface area contributed by atoms with E-state index in [4.69, 9.17) is 16.3 Å². The molecule has 106 valence electrons. The Balaban J connectivity index is 2.14. The zero-order chi connectivity index (χ0) is 14.7. The molecule has 0 saturated carbocycles. The number of carbonyl (C=O) groups is 1. The molecule has 0 radical (unpaired) electrons. The molecule has 0 aliphatic heterocycles. The molecule has 3 heteroatoms. The summed E-state index contributed by atoms with van der Waals surface area (Å²) in [5.41, 5.74) is 0.707. The summed E-state index contributed by atoms with van der Waals surface area (Å²) in [4.78, 5) is 12.4. The van der Waals surface area contributed by atoms with Crippen molar-refractivity contribution in [3.63, 3.8) is 0 Å². The largest absolute Gasteiger partial charge is 0.372 e. The molecule has 0 atom stereocenters. The molecule has 3 aromatic carbocycles. The highest BCUT2D eigenvalue weighted by Gasteiger charge is 2.12. The number of alkyl halides is 1. The van der Waals surface area contributed by atoms with Gasteiger partial charge in [0.25, 0.3) is 0 Å². The Morgan fingerprint density at radius 1 is 0.952 bits per heavy atom. The van der Waals surface area contributed by atoms with Crippen LogP contribution in [0.25, 0.3) is 21.5 Å². The maximum atomic E-state index is 12.4. The number of carbonyl (C=O) groups excluding carboxylic acids is 1. The first-order valence-electron chi connectivity index (χ1n) is 6.88. The molecular weight excluding hydrogens is 284 g/mol. The van der Waals surface area contributed by atoms with Crippen molar-refractivity contribution >= 4 is 38.9 Å². The number of benzene rings is 3. The van der Waals surface area contributed by atoms with Crippen molar-refractivity contribution in [3.8, 4) is 0 Å². The SMILES string of the molecule is O=C(COCCCl)c1cc2ccccc2c2ccccc12. The van der Waals surface area contributed by atoms with Gasteiger partial charge in [0.1, 0.15) is 6.61 Å². The quantitative estimate of drug-likeness (QED) is 0.301. The van der Waals surface area contributed by atoms with Crippen molar-refractivity contribution in [2.75, 3.05) is 19.1 Å². The predicted octanol–water partition coefficient (Wildman–Crippen LogP) is 4.43. The summed E-state index contributed by atoms with van der Waals surface area (Å²) in [6.45, 7) is 0.452. The van der Waals surface area contributed by atoms with Crippen molar-refractivity contribution in [2.24, 2.45) is 0 Å². The van der Waals surface area contributed by atoms with Crippen molar-refractivity contribution in [2.45, 2.75) is 0 Å². The van der Waals surface area contributed by atoms with E-state index < -0.39 is 0 Å². The zero-order valence-electron chi connectivity index (χ0n) is 11.5. The lowest BCUT2D eigenvalue weighted by Gasteiger charge is -2.10. The predicted molar refractivity (Wildman–Crippen MR) is 87.3 cm³/mol. The summed E-state index contributed by atoms with van der Waals surface area (Å²) >= 11 is 5.57. The third-order valence-electron chi connectivity index (χ3n) is 3.52. The summed E-state index contributed by atoms with van der Waals surface area (Å²) in [6.07, 6.45) is 0. The minimum Gasteiger partial charge on any atom is -0.372 e. The van der Waals surface area contributed by atoms with E-state index in [1.807, 2.05) is 48.5 Å². The van der Waals surface area contributed by atoms with E-state index in [-0.39, 0.29) is 12.4 Å². The number of fused-ring (bicyclic) bond motifs is 3. The van der Waals surface area contributed by atoms with Crippen LogP contribution in [0.5, 0.6) is 0 Å². The first-order valence-corrected chi connectivity index (χ1v) is 7.42. The minimum absolute atomic E-state index is 0.0120. The number of rotatable bonds is 5. The molecule has 0 fully saturated rings. The smallest absolute Gasteiger partial charge is 0.189 e. The van der Waals surface area contributed by atoms with Crippen LogP contribution >= 0.6 is 11.6 Å². The van der Waals surface area contributed by atoms with Gasteiger partial charge >= 0.3 is 0 Å². The van der Waals surface area contributed by atoms with Crippen LogP contribution < -0.4 is 0 Å². The van der Waals surface area contributed by atoms with Crippen molar-refractivity contribution < 1.29 is 9.53 Å². The molecule has 0 spiro atoms. The van der Waals surface area contributed by atoms with Crippen LogP contribution in [0.4, 0.5) is 0 Å². The maximum absolute atomic E-state index is 12.4. The highest BCUT2D eigenvalue weighted by atomic mass is 35.5. The van der Waals surface area contributed by atoms with E-state index >= 15 is 0 Å². The van der Waals surface area contributed by atoms with Crippen LogP contribution in [-0.4, -0.2) is 24.9 Å². The fourth-order valence-electron chi connectivity index (χ4n) is 2.58. The lowest BCUT2D eigenvalue weighted by atomic mass is 9.95. The molecule has 2 nitrogen and oxygen atoms in total. The summed E-state index contributed by atoms with van der Waals surface area (Å²) in [5, 5.41) is 4.29. The second-order valence-electron chi connectivity index (χ2n) is 4.86. The topological polar surface area (TPSA) is 26.3 Å². The fraction of sp³-hybridized carbons (Fsp3) is 0.167. The van der Waals surface area contributed by atoms with E-state index in [0.717, 1.165) is 21.5 Å². The summed E-state index contributed by atoms with van der Waals surface area (Å²) in [7, 11) is 0. The van der Waals surface area contributed by atoms with Gasteiger partial charge in [0, 0.05) is 11.4 Å². The molecule has 0 N–H and O–H groups in total. The zero-order valence-corrected chi connectivity index (χ0v) is 12.3. The standard InChI is InChI=1S/C18H15ClO2/c19-9-10-21-12-18(20)17-11-13-5-1-2-6-14(13)15-7-3-4-8-16(15)17/h1-8,11H,9-10,12H2. The molecule has 0 saturated heterocycles.